The molecular formula is CH2NO2PS. The van der Waals surface area contributed by atoms with Crippen molar-refractivity contribution < 1.29 is 9.79 Å². The van der Waals surface area contributed by atoms with Crippen molar-refractivity contribution in [3.8, 4) is 0 Å². The highest BCUT2D eigenvalue weighted by Crippen LogP contribution is 2.22. The zero-order chi connectivity index (χ0) is 4.99. The monoisotopic (exact) mass is 123 g/mol. The molecule has 0 heterocycles. The molecule has 0 atom stereocenters. The summed E-state index contributed by atoms with van der Waals surface area (Å²) < 4.78 is 2.87. The Morgan fingerprint density at radius 2 is 2.17 bits per heavy atom. The highest BCUT2D eigenvalue weighted by atomic mass is 32.1. The molecule has 0 aromatic rings. The van der Waals surface area contributed by atoms with Crippen LogP contribution in [0, 0.1) is 0 Å². The van der Waals surface area contributed by atoms with Crippen LogP contribution >= 0.6 is 20.7 Å². The van der Waals surface area contributed by atoms with Gasteiger partial charge < -0.3 is 9.79 Å². The molecule has 5 heteroatoms. The Balaban J connectivity index is 3.29. The van der Waals surface area contributed by atoms with E-state index < -0.39 is 8.53 Å². The van der Waals surface area contributed by atoms with Gasteiger partial charge in [0.2, 0.25) is 0 Å². The number of rotatable bonds is 1. The lowest BCUT2D eigenvalue weighted by molar-refractivity contribution is 0.485. The maximum absolute atomic E-state index is 7.88. The highest BCUT2D eigenvalue weighted by molar-refractivity contribution is 7.78. The summed E-state index contributed by atoms with van der Waals surface area (Å²) in [6, 6.07) is 0. The summed E-state index contributed by atoms with van der Waals surface area (Å²) in [7, 11) is -2.19. The SMILES string of the molecule is OP(O)N=C=S. The molecule has 0 aromatic heterocycles. The molecule has 0 aromatic carbocycles. The van der Waals surface area contributed by atoms with Gasteiger partial charge in [0, 0.05) is 0 Å². The van der Waals surface area contributed by atoms with E-state index in [9.17, 15) is 0 Å². The molecule has 0 aliphatic heterocycles. The van der Waals surface area contributed by atoms with Gasteiger partial charge in [0.25, 0.3) is 0 Å². The first kappa shape index (κ1) is 6.15. The third kappa shape index (κ3) is 4.15. The van der Waals surface area contributed by atoms with Gasteiger partial charge in [-0.15, -0.1) is 0 Å². The Kier molecular flexibility index (Phi) is 3.43. The molecular weight excluding hydrogens is 121 g/mol. The summed E-state index contributed by atoms with van der Waals surface area (Å²) in [5.41, 5.74) is 0. The molecule has 2 N–H and O–H groups in total. The zero-order valence-corrected chi connectivity index (χ0v) is 4.41. The van der Waals surface area contributed by atoms with Gasteiger partial charge in [-0.05, 0) is 12.2 Å². The first-order chi connectivity index (χ1) is 2.77. The van der Waals surface area contributed by atoms with Crippen molar-refractivity contribution in [3.63, 3.8) is 0 Å². The number of hydrogen-bond acceptors (Lipinski definition) is 4. The van der Waals surface area contributed by atoms with Gasteiger partial charge in [-0.3, -0.25) is 0 Å². The van der Waals surface area contributed by atoms with Crippen molar-refractivity contribution in [1.82, 2.24) is 0 Å². The predicted molar refractivity (Wildman–Crippen MR) is 26.4 cm³/mol. The fourth-order valence-corrected chi connectivity index (χ4v) is 0.329. The molecule has 0 aliphatic rings. The van der Waals surface area contributed by atoms with E-state index in [0.717, 1.165) is 0 Å². The number of isothiocyanates is 1. The van der Waals surface area contributed by atoms with Gasteiger partial charge in [0.15, 0.2) is 0 Å². The molecule has 0 amide bonds. The highest BCUT2D eigenvalue weighted by Gasteiger charge is 1.84. The third-order valence-corrected chi connectivity index (χ3v) is 0.636. The van der Waals surface area contributed by atoms with E-state index in [1.807, 2.05) is 0 Å². The van der Waals surface area contributed by atoms with Gasteiger partial charge >= 0.3 is 8.53 Å². The van der Waals surface area contributed by atoms with Gasteiger partial charge in [0.05, 0.1) is 5.16 Å². The molecule has 6 heavy (non-hydrogen) atoms. The predicted octanol–water partition coefficient (Wildman–Crippen LogP) is 0.301. The van der Waals surface area contributed by atoms with Crippen molar-refractivity contribution in [2.75, 3.05) is 0 Å². The quantitative estimate of drug-likeness (QED) is 0.299. The fourth-order valence-electron chi connectivity index (χ4n) is 0.0365. The van der Waals surface area contributed by atoms with Crippen LogP contribution in [-0.4, -0.2) is 14.9 Å². The average molecular weight is 123 g/mol. The lowest BCUT2D eigenvalue weighted by atomic mass is 11.8. The molecule has 0 rings (SSSR count). The van der Waals surface area contributed by atoms with Crippen molar-refractivity contribution in [3.05, 3.63) is 0 Å². The molecule has 0 fully saturated rings. The van der Waals surface area contributed by atoms with Crippen molar-refractivity contribution in [2.24, 2.45) is 4.76 Å². The normalized spacial score (nSPS) is 7.83. The number of hydrogen-bond donors (Lipinski definition) is 2. The van der Waals surface area contributed by atoms with Gasteiger partial charge in [-0.1, -0.05) is 0 Å². The van der Waals surface area contributed by atoms with E-state index in [-0.39, 0.29) is 0 Å². The van der Waals surface area contributed by atoms with E-state index in [4.69, 9.17) is 9.79 Å². The summed E-state index contributed by atoms with van der Waals surface area (Å²) in [4.78, 5) is 15.8. The van der Waals surface area contributed by atoms with E-state index in [1.54, 1.807) is 5.16 Å². The Bertz CT molecular complexity index is 77.6. The first-order valence-corrected chi connectivity index (χ1v) is 2.64. The molecule has 0 saturated carbocycles. The van der Waals surface area contributed by atoms with Crippen LogP contribution in [0.1, 0.15) is 0 Å². The van der Waals surface area contributed by atoms with Gasteiger partial charge in [0.1, 0.15) is 0 Å². The fraction of sp³-hybridized carbons (Fsp3) is 0. The molecule has 0 spiro atoms. The summed E-state index contributed by atoms with van der Waals surface area (Å²) in [5, 5.41) is 1.80. The van der Waals surface area contributed by atoms with Crippen LogP contribution in [-0.2, 0) is 0 Å². The summed E-state index contributed by atoms with van der Waals surface area (Å²) in [6.07, 6.45) is 0. The zero-order valence-electron chi connectivity index (χ0n) is 2.70. The van der Waals surface area contributed by atoms with Crippen LogP contribution < -0.4 is 0 Å². The minimum Gasteiger partial charge on any atom is -0.332 e. The van der Waals surface area contributed by atoms with Crippen molar-refractivity contribution in [2.45, 2.75) is 0 Å². The molecule has 0 unspecified atom stereocenters. The smallest absolute Gasteiger partial charge is 0.314 e. The molecule has 0 bridgehead atoms. The Hall–Kier alpha value is 0.150. The third-order valence-electron chi connectivity index (χ3n) is 0.130. The molecule has 34 valence electrons. The Labute approximate surface area is 41.3 Å². The second-order valence-electron chi connectivity index (χ2n) is 0.460. The molecule has 0 radical (unpaired) electrons. The average Bonchev–Trinajstić information content (AvgIpc) is 1.35. The van der Waals surface area contributed by atoms with Crippen LogP contribution in [0.4, 0.5) is 0 Å². The standard InChI is InChI=1S/CH2NO2PS/c3-5(4)2-1-6/h3-4H. The van der Waals surface area contributed by atoms with Gasteiger partial charge in [-0.25, -0.2) is 0 Å². The van der Waals surface area contributed by atoms with Crippen molar-refractivity contribution in [1.29, 1.82) is 0 Å². The van der Waals surface area contributed by atoms with Crippen LogP contribution in [0.2, 0.25) is 0 Å². The van der Waals surface area contributed by atoms with E-state index in [1.165, 1.54) is 0 Å². The topological polar surface area (TPSA) is 52.8 Å². The van der Waals surface area contributed by atoms with E-state index in [2.05, 4.69) is 17.0 Å². The van der Waals surface area contributed by atoms with Crippen LogP contribution in [0.3, 0.4) is 0 Å². The lowest BCUT2D eigenvalue weighted by Gasteiger charge is -1.80. The molecule has 0 aliphatic carbocycles. The Morgan fingerprint density at radius 3 is 2.17 bits per heavy atom. The van der Waals surface area contributed by atoms with Gasteiger partial charge in [-0.2, -0.15) is 4.76 Å². The van der Waals surface area contributed by atoms with Crippen LogP contribution in [0.15, 0.2) is 4.76 Å². The van der Waals surface area contributed by atoms with E-state index in [0.29, 0.717) is 0 Å². The van der Waals surface area contributed by atoms with E-state index >= 15 is 0 Å². The van der Waals surface area contributed by atoms with Crippen LogP contribution in [0.5, 0.6) is 0 Å². The summed E-state index contributed by atoms with van der Waals surface area (Å²) in [5.74, 6) is 0. The summed E-state index contributed by atoms with van der Waals surface area (Å²) >= 11 is 4.01. The van der Waals surface area contributed by atoms with Crippen LogP contribution in [0.25, 0.3) is 0 Å². The van der Waals surface area contributed by atoms with Crippen molar-refractivity contribution >= 4 is 25.9 Å². The lowest BCUT2D eigenvalue weighted by Crippen LogP contribution is -1.54. The largest absolute Gasteiger partial charge is 0.332 e. The molecule has 0 saturated heterocycles. The minimum atomic E-state index is -2.19. The minimum absolute atomic E-state index is 1.80. The maximum Gasteiger partial charge on any atom is 0.314 e. The second kappa shape index (κ2) is 3.34. The second-order valence-corrected chi connectivity index (χ2v) is 1.38. The number of nitrogens with zero attached hydrogens (tertiary/aromatic N) is 1. The maximum atomic E-state index is 7.88. The first-order valence-electron chi connectivity index (χ1n) is 1.03. The summed E-state index contributed by atoms with van der Waals surface area (Å²) in [6.45, 7) is 0. The Morgan fingerprint density at radius 1 is 1.67 bits per heavy atom. The molecule has 3 nitrogen and oxygen atoms in total. The number of thiocarbonyl (C=S) groups is 1.